The molecule has 4 heteroatoms. The number of aromatic nitrogens is 1. The summed E-state index contributed by atoms with van der Waals surface area (Å²) >= 11 is 0. The average Bonchev–Trinajstić information content (AvgIpc) is 2.66. The number of nitrogens with zero attached hydrogens (tertiary/aromatic N) is 1. The topological polar surface area (TPSA) is 51.2 Å². The van der Waals surface area contributed by atoms with E-state index >= 15 is 0 Å². The number of benzene rings is 2. The van der Waals surface area contributed by atoms with Gasteiger partial charge in [0.15, 0.2) is 0 Å². The first-order chi connectivity index (χ1) is 12.6. The molecule has 0 fully saturated rings. The molecule has 0 aliphatic heterocycles. The van der Waals surface area contributed by atoms with E-state index in [2.05, 4.69) is 29.4 Å². The maximum Gasteiger partial charge on any atom is 0.257 e. The van der Waals surface area contributed by atoms with E-state index in [1.165, 1.54) is 18.4 Å². The van der Waals surface area contributed by atoms with Crippen LogP contribution in [-0.2, 0) is 6.42 Å². The molecule has 0 radical (unpaired) electrons. The van der Waals surface area contributed by atoms with Gasteiger partial charge in [0, 0.05) is 11.1 Å². The quantitative estimate of drug-likeness (QED) is 0.670. The van der Waals surface area contributed by atoms with Crippen LogP contribution in [0.3, 0.4) is 0 Å². The van der Waals surface area contributed by atoms with Crippen molar-refractivity contribution in [3.63, 3.8) is 0 Å². The molecule has 0 atom stereocenters. The number of methoxy groups -OCH3 is 1. The normalized spacial score (nSPS) is 10.7. The van der Waals surface area contributed by atoms with Crippen LogP contribution in [0.4, 0.5) is 5.69 Å². The van der Waals surface area contributed by atoms with E-state index in [1.54, 1.807) is 7.11 Å². The maximum atomic E-state index is 12.7. The van der Waals surface area contributed by atoms with E-state index in [0.717, 1.165) is 28.8 Å². The van der Waals surface area contributed by atoms with Crippen LogP contribution in [0.1, 0.15) is 41.4 Å². The van der Waals surface area contributed by atoms with Gasteiger partial charge in [-0.2, -0.15) is 0 Å². The number of carbonyl (C=O) groups excluding carboxylic acids is 1. The zero-order valence-electron chi connectivity index (χ0n) is 15.5. The number of carbonyl (C=O) groups is 1. The van der Waals surface area contributed by atoms with Gasteiger partial charge in [-0.3, -0.25) is 9.78 Å². The maximum absolute atomic E-state index is 12.7. The fourth-order valence-corrected chi connectivity index (χ4v) is 2.94. The summed E-state index contributed by atoms with van der Waals surface area (Å²) in [6, 6.07) is 15.6. The Kier molecular flexibility index (Phi) is 5.52. The first-order valence-corrected chi connectivity index (χ1v) is 8.96. The van der Waals surface area contributed by atoms with E-state index in [-0.39, 0.29) is 5.91 Å². The predicted octanol–water partition coefficient (Wildman–Crippen LogP) is 5.15. The van der Waals surface area contributed by atoms with Gasteiger partial charge < -0.3 is 10.1 Å². The lowest BCUT2D eigenvalue weighted by atomic mass is 10.1. The Morgan fingerprint density at radius 3 is 2.58 bits per heavy atom. The molecule has 134 valence electrons. The molecule has 1 aromatic heterocycles. The van der Waals surface area contributed by atoms with Crippen molar-refractivity contribution >= 4 is 22.5 Å². The number of hydrogen-bond donors (Lipinski definition) is 1. The fraction of sp³-hybridized carbons (Fsp3) is 0.273. The van der Waals surface area contributed by atoms with Gasteiger partial charge in [-0.1, -0.05) is 25.5 Å². The fourth-order valence-electron chi connectivity index (χ4n) is 2.94. The minimum absolute atomic E-state index is 0.152. The molecule has 0 saturated carbocycles. The lowest BCUT2D eigenvalue weighted by Crippen LogP contribution is -2.14. The molecule has 26 heavy (non-hydrogen) atoms. The number of aryl methyl sites for hydroxylation is 2. The molecule has 0 spiro atoms. The Hall–Kier alpha value is -2.88. The molecule has 3 rings (SSSR count). The Bertz CT molecular complexity index is 917. The van der Waals surface area contributed by atoms with Gasteiger partial charge in [0.05, 0.1) is 23.9 Å². The molecule has 0 saturated heterocycles. The molecule has 2 aromatic carbocycles. The molecule has 3 aromatic rings. The average molecular weight is 348 g/mol. The van der Waals surface area contributed by atoms with Gasteiger partial charge in [-0.15, -0.1) is 0 Å². The van der Waals surface area contributed by atoms with Crippen molar-refractivity contribution in [1.82, 2.24) is 4.98 Å². The van der Waals surface area contributed by atoms with Crippen LogP contribution in [0.2, 0.25) is 0 Å². The van der Waals surface area contributed by atoms with Crippen LogP contribution in [0.25, 0.3) is 10.9 Å². The zero-order valence-corrected chi connectivity index (χ0v) is 15.5. The van der Waals surface area contributed by atoms with Crippen LogP contribution >= 0.6 is 0 Å². The molecule has 0 unspecified atom stereocenters. The second-order valence-corrected chi connectivity index (χ2v) is 6.43. The summed E-state index contributed by atoms with van der Waals surface area (Å²) in [5.41, 5.74) is 4.21. The van der Waals surface area contributed by atoms with Crippen molar-refractivity contribution in [1.29, 1.82) is 0 Å². The summed E-state index contributed by atoms with van der Waals surface area (Å²) < 4.78 is 5.26. The lowest BCUT2D eigenvalue weighted by molar-refractivity contribution is 0.102. The molecule has 1 heterocycles. The Morgan fingerprint density at radius 1 is 1.12 bits per heavy atom. The monoisotopic (exact) mass is 348 g/mol. The summed E-state index contributed by atoms with van der Waals surface area (Å²) in [5.74, 6) is 0.596. The highest BCUT2D eigenvalue weighted by Gasteiger charge is 2.12. The number of amides is 1. The number of anilines is 1. The largest absolute Gasteiger partial charge is 0.497 e. The number of rotatable bonds is 6. The van der Waals surface area contributed by atoms with Crippen molar-refractivity contribution in [2.45, 2.75) is 33.1 Å². The van der Waals surface area contributed by atoms with Crippen LogP contribution in [0, 0.1) is 6.92 Å². The Labute approximate surface area is 154 Å². The molecule has 0 aliphatic rings. The Morgan fingerprint density at radius 2 is 1.88 bits per heavy atom. The number of unbranched alkanes of at least 4 members (excludes halogenated alkanes) is 1. The summed E-state index contributed by atoms with van der Waals surface area (Å²) in [5, 5.41) is 3.85. The third-order valence-electron chi connectivity index (χ3n) is 4.49. The van der Waals surface area contributed by atoms with E-state index in [1.807, 2.05) is 43.3 Å². The lowest BCUT2D eigenvalue weighted by Gasteiger charge is -2.10. The second-order valence-electron chi connectivity index (χ2n) is 6.43. The smallest absolute Gasteiger partial charge is 0.257 e. The minimum Gasteiger partial charge on any atom is -0.497 e. The third kappa shape index (κ3) is 4.02. The van der Waals surface area contributed by atoms with E-state index in [0.29, 0.717) is 11.3 Å². The number of ether oxygens (including phenoxy) is 1. The number of nitrogens with one attached hydrogen (secondary N) is 1. The van der Waals surface area contributed by atoms with Crippen LogP contribution in [0.15, 0.2) is 48.5 Å². The van der Waals surface area contributed by atoms with E-state index in [9.17, 15) is 4.79 Å². The summed E-state index contributed by atoms with van der Waals surface area (Å²) in [6.45, 7) is 4.04. The molecule has 0 aliphatic carbocycles. The summed E-state index contributed by atoms with van der Waals surface area (Å²) in [6.07, 6.45) is 3.43. The highest BCUT2D eigenvalue weighted by molar-refractivity contribution is 6.06. The molecule has 1 amide bonds. The van der Waals surface area contributed by atoms with Gasteiger partial charge in [0.25, 0.3) is 5.91 Å². The zero-order chi connectivity index (χ0) is 18.5. The van der Waals surface area contributed by atoms with E-state index < -0.39 is 0 Å². The van der Waals surface area contributed by atoms with Crippen molar-refractivity contribution in [2.24, 2.45) is 0 Å². The van der Waals surface area contributed by atoms with Crippen molar-refractivity contribution in [3.8, 4) is 5.75 Å². The van der Waals surface area contributed by atoms with Crippen molar-refractivity contribution in [3.05, 3.63) is 65.4 Å². The molecular weight excluding hydrogens is 324 g/mol. The third-order valence-corrected chi connectivity index (χ3v) is 4.49. The molecule has 1 N–H and O–H groups in total. The van der Waals surface area contributed by atoms with Crippen molar-refractivity contribution in [2.75, 3.05) is 12.4 Å². The highest BCUT2D eigenvalue weighted by Crippen LogP contribution is 2.22. The molecular formula is C22H24N2O2. The highest BCUT2D eigenvalue weighted by atomic mass is 16.5. The number of pyridine rings is 1. The van der Waals surface area contributed by atoms with Gasteiger partial charge >= 0.3 is 0 Å². The van der Waals surface area contributed by atoms with Gasteiger partial charge in [0.1, 0.15) is 5.75 Å². The van der Waals surface area contributed by atoms with Crippen LogP contribution in [-0.4, -0.2) is 18.0 Å². The first-order valence-electron chi connectivity index (χ1n) is 8.96. The Balaban J connectivity index is 1.81. The van der Waals surface area contributed by atoms with Gasteiger partial charge in [0.2, 0.25) is 0 Å². The summed E-state index contributed by atoms with van der Waals surface area (Å²) in [4.78, 5) is 17.3. The second kappa shape index (κ2) is 8.00. The van der Waals surface area contributed by atoms with Gasteiger partial charge in [-0.05, 0) is 61.7 Å². The SMILES string of the molecule is CCCCc1ccc(NC(=O)c2cc3cc(OC)ccc3nc2C)cc1. The number of hydrogen-bond acceptors (Lipinski definition) is 3. The molecule has 4 nitrogen and oxygen atoms in total. The van der Waals surface area contributed by atoms with E-state index in [4.69, 9.17) is 4.74 Å². The van der Waals surface area contributed by atoms with Crippen LogP contribution in [0.5, 0.6) is 5.75 Å². The standard InChI is InChI=1S/C22H24N2O2/c1-4-5-6-16-7-9-18(10-8-16)24-22(25)20-14-17-13-19(26-3)11-12-21(17)23-15(20)2/h7-14H,4-6H2,1-3H3,(H,24,25). The van der Waals surface area contributed by atoms with Gasteiger partial charge in [-0.25, -0.2) is 0 Å². The first kappa shape index (κ1) is 17.9. The predicted molar refractivity (Wildman–Crippen MR) is 106 cm³/mol. The molecule has 0 bridgehead atoms. The summed E-state index contributed by atoms with van der Waals surface area (Å²) in [7, 11) is 1.63. The van der Waals surface area contributed by atoms with Crippen molar-refractivity contribution < 1.29 is 9.53 Å². The number of fused-ring (bicyclic) bond motifs is 1. The van der Waals surface area contributed by atoms with Crippen LogP contribution < -0.4 is 10.1 Å². The minimum atomic E-state index is -0.152.